The molecule has 0 aliphatic heterocycles. The first-order valence-corrected chi connectivity index (χ1v) is 5.34. The minimum absolute atomic E-state index is 0.650. The first kappa shape index (κ1) is 4.79. The van der Waals surface area contributed by atoms with Crippen LogP contribution in [0.25, 0.3) is 0 Å². The molecule has 0 aliphatic carbocycles. The molecule has 1 unspecified atom stereocenters. The summed E-state index contributed by atoms with van der Waals surface area (Å²) in [4.78, 5) is 0. The van der Waals surface area contributed by atoms with E-state index in [4.69, 9.17) is 4.61 Å². The van der Waals surface area contributed by atoms with Gasteiger partial charge in [-0.3, -0.25) is 0 Å². The molecule has 3 heteroatoms. The van der Waals surface area contributed by atoms with Gasteiger partial charge in [-0.2, -0.15) is 0 Å². The average Bonchev–Trinajstić information content (AvgIpc) is 0.811. The van der Waals surface area contributed by atoms with E-state index in [-0.39, 0.29) is 0 Å². The lowest BCUT2D eigenvalue weighted by Gasteiger charge is -1.56. The molecule has 0 saturated heterocycles. The van der Waals surface area contributed by atoms with E-state index in [1.54, 1.807) is 6.26 Å². The van der Waals surface area contributed by atoms with Crippen molar-refractivity contribution in [2.45, 2.75) is 0 Å². The maximum Gasteiger partial charge on any atom is 0.00841 e. The molecule has 26 valence electrons. The molecule has 0 bridgehead atoms. The molecule has 0 saturated carbocycles. The second kappa shape index (κ2) is 2.05. The smallest absolute Gasteiger partial charge is 0.00841 e. The molecule has 0 N–H and O–H groups in total. The zero-order chi connectivity index (χ0) is 3.58. The molecule has 0 aliphatic rings. The van der Waals surface area contributed by atoms with E-state index in [1.807, 2.05) is 21.2 Å². The lowest BCUT2D eigenvalue weighted by atomic mass is 12.0. The summed E-state index contributed by atoms with van der Waals surface area (Å²) < 4.78 is 8.11. The summed E-state index contributed by atoms with van der Waals surface area (Å²) in [5.41, 5.74) is 0. The summed E-state index contributed by atoms with van der Waals surface area (Å²) >= 11 is 1.96. The molecule has 0 heterocycles. The van der Waals surface area contributed by atoms with E-state index in [2.05, 4.69) is 0 Å². The molecule has 0 aromatic carbocycles. The van der Waals surface area contributed by atoms with Crippen LogP contribution in [0.15, 0.2) is 0 Å². The summed E-state index contributed by atoms with van der Waals surface area (Å²) in [6.45, 7) is 0. The Morgan fingerprint density at radius 1 is 2.00 bits per heavy atom. The van der Waals surface area contributed by atoms with Crippen molar-refractivity contribution in [3.63, 3.8) is 0 Å². The summed E-state index contributed by atoms with van der Waals surface area (Å²) in [6, 6.07) is 0. The standard InChI is InChI=1S/CH4INS/c1-4(2)3/h4H,1H3. The fraction of sp³-hybridized carbons (Fsp3) is 1.00. The predicted octanol–water partition coefficient (Wildman–Crippen LogP) is 1.45. The summed E-state index contributed by atoms with van der Waals surface area (Å²) in [7, 11) is -0.650. The molecule has 0 fully saturated rings. The second-order valence-corrected chi connectivity index (χ2v) is 5.52. The van der Waals surface area contributed by atoms with Gasteiger partial charge in [0.25, 0.3) is 0 Å². The van der Waals surface area contributed by atoms with Crippen molar-refractivity contribution in [1.29, 1.82) is 4.61 Å². The second-order valence-electron chi connectivity index (χ2n) is 0.445. The van der Waals surface area contributed by atoms with E-state index >= 15 is 0 Å². The molecule has 0 aromatic rings. The summed E-state index contributed by atoms with van der Waals surface area (Å²) in [5, 5.41) is 0. The van der Waals surface area contributed by atoms with E-state index in [0.717, 1.165) is 0 Å². The van der Waals surface area contributed by atoms with Crippen LogP contribution in [-0.2, 0) is 0 Å². The van der Waals surface area contributed by atoms with Crippen molar-refractivity contribution in [2.24, 2.45) is 0 Å². The molecule has 4 heavy (non-hydrogen) atoms. The first-order valence-electron chi connectivity index (χ1n) is 0.816. The Bertz CT molecular complexity index is 54.2. The van der Waals surface area contributed by atoms with Crippen LogP contribution in [0.5, 0.6) is 0 Å². The van der Waals surface area contributed by atoms with Gasteiger partial charge in [0.05, 0.1) is 0 Å². The molecule has 0 amide bonds. The van der Waals surface area contributed by atoms with Crippen LogP contribution in [0.2, 0.25) is 0 Å². The zero-order valence-electron chi connectivity index (χ0n) is 2.27. The molecule has 1 atom stereocenters. The Morgan fingerprint density at radius 2 is 2.00 bits per heavy atom. The van der Waals surface area contributed by atoms with Crippen LogP contribution >= 0.6 is 28.9 Å². The molecule has 0 rings (SSSR count). The van der Waals surface area contributed by atoms with E-state index in [0.29, 0.717) is 0 Å². The third-order valence-electron chi connectivity index (χ3n) is 0. The Kier molecular flexibility index (Phi) is 2.46. The van der Waals surface area contributed by atoms with Crippen molar-refractivity contribution < 1.29 is 0 Å². The topological polar surface area (TPSA) is 23.8 Å². The summed E-state index contributed by atoms with van der Waals surface area (Å²) in [6.07, 6.45) is 1.77. The predicted molar refractivity (Wildman–Crippen MR) is 30.7 cm³/mol. The lowest BCUT2D eigenvalue weighted by Crippen LogP contribution is -1.16. The Hall–Kier alpha value is 0.790. The van der Waals surface area contributed by atoms with Crippen LogP contribution in [0.4, 0.5) is 0 Å². The molecule has 0 aromatic heterocycles. The van der Waals surface area contributed by atoms with E-state index < -0.39 is 7.70 Å². The first-order chi connectivity index (χ1) is 1.73. The van der Waals surface area contributed by atoms with Crippen molar-refractivity contribution in [2.75, 3.05) is 6.26 Å². The van der Waals surface area contributed by atoms with Crippen LogP contribution in [-0.4, -0.2) is 6.26 Å². The van der Waals surface area contributed by atoms with Gasteiger partial charge in [-0.1, -0.05) is 0 Å². The van der Waals surface area contributed by atoms with Crippen molar-refractivity contribution in [3.8, 4) is 0 Å². The highest BCUT2D eigenvalue weighted by molar-refractivity contribution is 14.2. The number of hydrogen-bond donors (Lipinski definition) is 1. The van der Waals surface area contributed by atoms with Crippen molar-refractivity contribution in [3.05, 3.63) is 0 Å². The lowest BCUT2D eigenvalue weighted by molar-refractivity contribution is 1.66. The van der Waals surface area contributed by atoms with E-state index in [9.17, 15) is 0 Å². The van der Waals surface area contributed by atoms with Crippen LogP contribution in [0, 0.1) is 4.61 Å². The monoisotopic (exact) mass is 189 g/mol. The highest BCUT2D eigenvalue weighted by atomic mass is 127. The Balaban J connectivity index is 3.02. The summed E-state index contributed by atoms with van der Waals surface area (Å²) in [5.74, 6) is 0. The van der Waals surface area contributed by atoms with E-state index in [1.165, 1.54) is 0 Å². The van der Waals surface area contributed by atoms with Crippen LogP contribution in [0.1, 0.15) is 0 Å². The number of hydrogen-bond acceptors (Lipinski definition) is 1. The van der Waals surface area contributed by atoms with Gasteiger partial charge in [0.15, 0.2) is 0 Å². The number of nitrogens with zero attached hydrogens (tertiary/aromatic N) is 1. The number of halogens is 1. The maximum absolute atomic E-state index is 8.11. The number of rotatable bonds is 0. The van der Waals surface area contributed by atoms with Crippen molar-refractivity contribution in [1.82, 2.24) is 0 Å². The Morgan fingerprint density at radius 3 is 2.00 bits per heavy atom. The van der Waals surface area contributed by atoms with Crippen molar-refractivity contribution >= 4 is 28.9 Å². The quantitative estimate of drug-likeness (QED) is 0.452. The fourth-order valence-corrected chi connectivity index (χ4v) is 0. The Labute approximate surface area is 39.9 Å². The third kappa shape index (κ3) is 14.3. The van der Waals surface area contributed by atoms with Gasteiger partial charge in [0.2, 0.25) is 0 Å². The maximum atomic E-state index is 8.11. The van der Waals surface area contributed by atoms with Gasteiger partial charge < -0.3 is 0 Å². The van der Waals surface area contributed by atoms with Crippen LogP contribution in [0.3, 0.4) is 0 Å². The van der Waals surface area contributed by atoms with Crippen LogP contribution < -0.4 is 0 Å². The highest BCUT2D eigenvalue weighted by Gasteiger charge is 1.50. The van der Waals surface area contributed by atoms with Gasteiger partial charge in [-0.05, 0) is 7.70 Å². The molecular weight excluding hydrogens is 185 g/mol. The van der Waals surface area contributed by atoms with Gasteiger partial charge in [-0.15, -0.1) is 0 Å². The molecule has 0 radical (unpaired) electrons. The van der Waals surface area contributed by atoms with Gasteiger partial charge in [0.1, 0.15) is 0 Å². The third-order valence-corrected chi connectivity index (χ3v) is 0. The minimum Gasteiger partial charge on any atom is -0.224 e. The molecular formula is CH4INS. The SMILES string of the molecule is C[SH](#N)I. The van der Waals surface area contributed by atoms with Gasteiger partial charge in [0, 0.05) is 27.5 Å². The minimum atomic E-state index is -0.650. The molecule has 1 nitrogen and oxygen atoms in total. The highest BCUT2D eigenvalue weighted by Crippen LogP contribution is 2.08. The van der Waals surface area contributed by atoms with Gasteiger partial charge >= 0.3 is 0 Å². The average molecular weight is 189 g/mol. The fourth-order valence-electron chi connectivity index (χ4n) is 0. The normalized spacial score (nSPS) is 15.2. The zero-order valence-corrected chi connectivity index (χ0v) is 5.32. The largest absolute Gasteiger partial charge is 0.224 e. The van der Waals surface area contributed by atoms with Gasteiger partial charge in [-0.25, -0.2) is 4.61 Å². The number of thiol groups is 1. The molecule has 0 spiro atoms.